The lowest BCUT2D eigenvalue weighted by Gasteiger charge is -2.21. The number of ether oxygens (including phenoxy) is 4. The molecule has 0 amide bonds. The molecule has 19 heteroatoms. The normalized spacial score (nSPS) is 14.3. The average Bonchev–Trinajstić information content (AvgIpc) is 2.46. The number of phosphoric acid groups is 2. The lowest BCUT2D eigenvalue weighted by molar-refractivity contribution is -0.161. The third-order valence-corrected chi connectivity index (χ3v) is 17.7. The SMILES string of the molecule is CCCC/C=C\CCCCCCCC(=O)OC(COC(=O)CCCCCCC/C=C\CCCCCCCC)COP(=O)(O)OCC(O)COP(=O)(O)OCC(COC(=O)CCCCCCC/C=C\C/C=C\CCCCC)OC(=O)CCCCCCCCCCCCC. The van der Waals surface area contributed by atoms with Gasteiger partial charge >= 0.3 is 39.5 Å². The third-order valence-electron chi connectivity index (χ3n) is 15.8. The van der Waals surface area contributed by atoms with E-state index in [-0.39, 0.29) is 25.7 Å². The standard InChI is InChI=1S/C73H134O17P2/c1-5-9-13-17-21-25-29-31-33-35-39-41-45-49-53-57-70(75)83-63-68(89-72(77)59-55-51-47-43-37-27-23-19-15-11-7-3)65-87-91(79,80)85-61-67(74)62-86-92(81,82)88-66-69(90-73(78)60-56-52-48-44-38-28-24-20-16-12-8-4)64-84-71(76)58-54-50-46-42-40-36-34-32-30-26-22-18-14-10-6-2/h19,22-23,26,31-34,67-69,74H,5-18,20-21,24-25,27-30,35-66H2,1-4H3,(H,79,80)(H,81,82)/b23-19-,26-22-,33-31-,34-32-. The number of carbonyl (C=O) groups excluding carboxylic acids is 4. The minimum absolute atomic E-state index is 0.0874. The van der Waals surface area contributed by atoms with Crippen LogP contribution in [0.3, 0.4) is 0 Å². The van der Waals surface area contributed by atoms with Gasteiger partial charge in [-0.3, -0.25) is 37.3 Å². The molecule has 0 spiro atoms. The van der Waals surface area contributed by atoms with Crippen molar-refractivity contribution in [2.24, 2.45) is 0 Å². The Bertz CT molecular complexity index is 1940. The number of phosphoric ester groups is 2. The highest BCUT2D eigenvalue weighted by molar-refractivity contribution is 7.47. The van der Waals surface area contributed by atoms with E-state index in [1.54, 1.807) is 0 Å². The molecule has 0 aromatic carbocycles. The fourth-order valence-corrected chi connectivity index (χ4v) is 11.6. The third kappa shape index (κ3) is 65.7. The number of aliphatic hydroxyl groups is 1. The van der Waals surface area contributed by atoms with Crippen LogP contribution in [-0.4, -0.2) is 96.7 Å². The summed E-state index contributed by atoms with van der Waals surface area (Å²) in [6.45, 7) is 4.80. The summed E-state index contributed by atoms with van der Waals surface area (Å²) in [4.78, 5) is 72.6. The molecule has 3 N–H and O–H groups in total. The maximum atomic E-state index is 13.0. The number of unbranched alkanes of at least 4 members (excludes halogenated alkanes) is 36. The van der Waals surface area contributed by atoms with E-state index >= 15 is 0 Å². The Kier molecular flexibility index (Phi) is 64.5. The molecule has 0 aromatic rings. The highest BCUT2D eigenvalue weighted by Crippen LogP contribution is 2.45. The van der Waals surface area contributed by atoms with Crippen LogP contribution in [0.5, 0.6) is 0 Å². The van der Waals surface area contributed by atoms with E-state index in [0.29, 0.717) is 25.7 Å². The molecule has 0 aromatic heterocycles. The molecule has 0 heterocycles. The van der Waals surface area contributed by atoms with Gasteiger partial charge < -0.3 is 33.8 Å². The van der Waals surface area contributed by atoms with Gasteiger partial charge in [0.1, 0.15) is 19.3 Å². The van der Waals surface area contributed by atoms with Gasteiger partial charge in [-0.25, -0.2) is 9.13 Å². The molecule has 0 aliphatic rings. The summed E-state index contributed by atoms with van der Waals surface area (Å²) in [7, 11) is -9.93. The van der Waals surface area contributed by atoms with E-state index in [2.05, 4.69) is 76.3 Å². The summed E-state index contributed by atoms with van der Waals surface area (Å²) in [5.41, 5.74) is 0. The molecular weight excluding hydrogens is 1210 g/mol. The number of esters is 4. The van der Waals surface area contributed by atoms with E-state index in [1.165, 1.54) is 109 Å². The van der Waals surface area contributed by atoms with Gasteiger partial charge in [0.25, 0.3) is 0 Å². The summed E-state index contributed by atoms with van der Waals surface area (Å²) in [6.07, 6.45) is 61.2. The molecule has 0 saturated heterocycles. The maximum absolute atomic E-state index is 13.0. The van der Waals surface area contributed by atoms with Crippen LogP contribution < -0.4 is 0 Å². The van der Waals surface area contributed by atoms with E-state index < -0.39 is 97.5 Å². The first-order chi connectivity index (χ1) is 44.7. The van der Waals surface area contributed by atoms with Crippen molar-refractivity contribution < 1.29 is 80.2 Å². The van der Waals surface area contributed by atoms with E-state index in [0.717, 1.165) is 148 Å². The monoisotopic (exact) mass is 1340 g/mol. The van der Waals surface area contributed by atoms with Crippen LogP contribution in [0.4, 0.5) is 0 Å². The number of aliphatic hydroxyl groups excluding tert-OH is 1. The highest BCUT2D eigenvalue weighted by Gasteiger charge is 2.30. The van der Waals surface area contributed by atoms with E-state index in [1.807, 2.05) is 0 Å². The first kappa shape index (κ1) is 89.0. The Morgan fingerprint density at radius 2 is 0.543 bits per heavy atom. The van der Waals surface area contributed by atoms with Gasteiger partial charge in [-0.2, -0.15) is 0 Å². The van der Waals surface area contributed by atoms with Gasteiger partial charge in [0.2, 0.25) is 0 Å². The fraction of sp³-hybridized carbons (Fsp3) is 0.836. The number of rotatable bonds is 70. The van der Waals surface area contributed by atoms with Crippen molar-refractivity contribution >= 4 is 39.5 Å². The van der Waals surface area contributed by atoms with Gasteiger partial charge in [-0.1, -0.05) is 256 Å². The van der Waals surface area contributed by atoms with Crippen molar-refractivity contribution in [1.29, 1.82) is 0 Å². The number of hydrogen-bond donors (Lipinski definition) is 3. The van der Waals surface area contributed by atoms with E-state index in [4.69, 9.17) is 37.0 Å². The average molecular weight is 1350 g/mol. The van der Waals surface area contributed by atoms with Crippen LogP contribution in [0, 0.1) is 0 Å². The molecule has 17 nitrogen and oxygen atoms in total. The van der Waals surface area contributed by atoms with Crippen LogP contribution in [-0.2, 0) is 65.4 Å². The molecule has 0 saturated carbocycles. The highest BCUT2D eigenvalue weighted by atomic mass is 31.2. The van der Waals surface area contributed by atoms with E-state index in [9.17, 15) is 43.2 Å². The first-order valence-corrected chi connectivity index (χ1v) is 39.9. The Hall–Kier alpha value is -2.98. The maximum Gasteiger partial charge on any atom is 0.472 e. The predicted octanol–water partition coefficient (Wildman–Crippen LogP) is 20.6. The number of allylic oxidation sites excluding steroid dienone is 8. The Balaban J connectivity index is 5.28. The molecular formula is C73H134O17P2. The van der Waals surface area contributed by atoms with Crippen molar-refractivity contribution in [1.82, 2.24) is 0 Å². The zero-order valence-electron chi connectivity index (χ0n) is 58.5. The van der Waals surface area contributed by atoms with Crippen molar-refractivity contribution in [2.45, 2.75) is 354 Å². The second-order valence-electron chi connectivity index (χ2n) is 24.9. The summed E-state index contributed by atoms with van der Waals surface area (Å²) < 4.78 is 68.3. The van der Waals surface area contributed by atoms with Crippen LogP contribution in [0.2, 0.25) is 0 Å². The predicted molar refractivity (Wildman–Crippen MR) is 372 cm³/mol. The molecule has 0 aliphatic heterocycles. The summed E-state index contributed by atoms with van der Waals surface area (Å²) in [6, 6.07) is 0. The molecule has 0 radical (unpaired) electrons. The summed E-state index contributed by atoms with van der Waals surface area (Å²) >= 11 is 0. The molecule has 5 atom stereocenters. The molecule has 0 bridgehead atoms. The zero-order valence-corrected chi connectivity index (χ0v) is 60.3. The second kappa shape index (κ2) is 66.6. The number of hydrogen-bond acceptors (Lipinski definition) is 15. The van der Waals surface area contributed by atoms with Crippen LogP contribution in [0.1, 0.15) is 336 Å². The zero-order chi connectivity index (χ0) is 67.5. The molecule has 538 valence electrons. The molecule has 5 unspecified atom stereocenters. The molecule has 0 rings (SSSR count). The van der Waals surface area contributed by atoms with Crippen molar-refractivity contribution in [3.05, 3.63) is 48.6 Å². The van der Waals surface area contributed by atoms with Crippen molar-refractivity contribution in [2.75, 3.05) is 39.6 Å². The quantitative estimate of drug-likeness (QED) is 0.0169. The van der Waals surface area contributed by atoms with Gasteiger partial charge in [0, 0.05) is 25.7 Å². The molecule has 92 heavy (non-hydrogen) atoms. The van der Waals surface area contributed by atoms with Crippen LogP contribution in [0.25, 0.3) is 0 Å². The van der Waals surface area contributed by atoms with Gasteiger partial charge in [0.15, 0.2) is 12.2 Å². The largest absolute Gasteiger partial charge is 0.472 e. The minimum Gasteiger partial charge on any atom is -0.462 e. The lowest BCUT2D eigenvalue weighted by Crippen LogP contribution is -2.30. The minimum atomic E-state index is -4.96. The number of carbonyl (C=O) groups is 4. The van der Waals surface area contributed by atoms with Gasteiger partial charge in [0.05, 0.1) is 26.4 Å². The second-order valence-corrected chi connectivity index (χ2v) is 27.8. The Labute approximate surface area is 559 Å². The van der Waals surface area contributed by atoms with Gasteiger partial charge in [-0.05, 0) is 103 Å². The summed E-state index contributed by atoms with van der Waals surface area (Å²) in [5.74, 6) is -2.18. The van der Waals surface area contributed by atoms with Crippen LogP contribution in [0.15, 0.2) is 48.6 Å². The first-order valence-electron chi connectivity index (χ1n) is 36.9. The smallest absolute Gasteiger partial charge is 0.462 e. The lowest BCUT2D eigenvalue weighted by atomic mass is 10.1. The molecule has 0 aliphatic carbocycles. The van der Waals surface area contributed by atoms with Crippen molar-refractivity contribution in [3.63, 3.8) is 0 Å². The Morgan fingerprint density at radius 3 is 0.870 bits per heavy atom. The fourth-order valence-electron chi connectivity index (χ4n) is 10.0. The van der Waals surface area contributed by atoms with Crippen molar-refractivity contribution in [3.8, 4) is 0 Å². The molecule has 0 fully saturated rings. The van der Waals surface area contributed by atoms with Crippen LogP contribution >= 0.6 is 15.6 Å². The summed E-state index contributed by atoms with van der Waals surface area (Å²) in [5, 5.41) is 10.6. The van der Waals surface area contributed by atoms with Gasteiger partial charge in [-0.15, -0.1) is 0 Å². The topological polar surface area (TPSA) is 237 Å². The Morgan fingerprint density at radius 1 is 0.304 bits per heavy atom.